The van der Waals surface area contributed by atoms with E-state index in [1.165, 1.54) is 18.6 Å². The van der Waals surface area contributed by atoms with E-state index in [0.29, 0.717) is 36.2 Å². The highest BCUT2D eigenvalue weighted by Gasteiger charge is 2.45. The summed E-state index contributed by atoms with van der Waals surface area (Å²) in [5, 5.41) is 13.5. The number of carboxylic acid groups (broad SMARTS) is 1. The molecule has 7 heteroatoms. The molecule has 0 bridgehead atoms. The fraction of sp³-hybridized carbons (Fsp3) is 0.500. The van der Waals surface area contributed by atoms with E-state index in [1.807, 2.05) is 4.90 Å². The van der Waals surface area contributed by atoms with Gasteiger partial charge in [-0.25, -0.2) is 4.39 Å². The van der Waals surface area contributed by atoms with Gasteiger partial charge < -0.3 is 9.63 Å². The number of hydrogen-bond donors (Lipinski definition) is 1. The van der Waals surface area contributed by atoms with Crippen LogP contribution in [0.25, 0.3) is 11.4 Å². The molecular weight excluding hydrogens is 325 g/mol. The molecule has 1 saturated heterocycles. The molecule has 1 aliphatic heterocycles. The van der Waals surface area contributed by atoms with Gasteiger partial charge in [0.25, 0.3) is 0 Å². The molecule has 0 radical (unpaired) electrons. The van der Waals surface area contributed by atoms with Gasteiger partial charge >= 0.3 is 5.97 Å². The van der Waals surface area contributed by atoms with E-state index in [0.717, 1.165) is 19.3 Å². The first-order chi connectivity index (χ1) is 12.1. The number of hydrogen-bond acceptors (Lipinski definition) is 5. The molecule has 0 spiro atoms. The van der Waals surface area contributed by atoms with Crippen molar-refractivity contribution in [1.82, 2.24) is 15.0 Å². The molecule has 2 aromatic rings. The Morgan fingerprint density at radius 1 is 1.28 bits per heavy atom. The molecule has 6 nitrogen and oxygen atoms in total. The minimum absolute atomic E-state index is 0.274. The van der Waals surface area contributed by atoms with E-state index in [4.69, 9.17) is 4.52 Å². The molecule has 0 amide bonds. The Bertz CT molecular complexity index is 761. The van der Waals surface area contributed by atoms with Gasteiger partial charge in [0.1, 0.15) is 11.9 Å². The standard InChI is InChI=1S/C18H20FN3O3/c19-13-7-5-11(6-8-13)17-20-16(25-21-17)10-22-14-4-2-1-3-12(14)9-15(22)18(23)24/h5-8,12,14-15H,1-4,9-10H2,(H,23,24)/t12-,14+,15+/m1/s1. The fourth-order valence-corrected chi connectivity index (χ4v) is 4.21. The van der Waals surface area contributed by atoms with Crippen LogP contribution in [0, 0.1) is 11.7 Å². The summed E-state index contributed by atoms with van der Waals surface area (Å²) in [6.07, 6.45) is 5.12. The second-order valence-electron chi connectivity index (χ2n) is 6.89. The average molecular weight is 345 g/mol. The van der Waals surface area contributed by atoms with Crippen LogP contribution in [0.4, 0.5) is 4.39 Å². The topological polar surface area (TPSA) is 79.5 Å². The molecular formula is C18H20FN3O3. The van der Waals surface area contributed by atoms with Gasteiger partial charge in [-0.1, -0.05) is 18.0 Å². The number of halogens is 1. The summed E-state index contributed by atoms with van der Waals surface area (Å²) in [7, 11) is 0. The smallest absolute Gasteiger partial charge is 0.320 e. The third kappa shape index (κ3) is 3.16. The zero-order valence-corrected chi connectivity index (χ0v) is 13.8. The average Bonchev–Trinajstić information content (AvgIpc) is 3.21. The van der Waals surface area contributed by atoms with Gasteiger partial charge in [0.2, 0.25) is 11.7 Å². The molecule has 2 heterocycles. The second-order valence-corrected chi connectivity index (χ2v) is 6.89. The van der Waals surface area contributed by atoms with Crippen LogP contribution in [-0.2, 0) is 11.3 Å². The van der Waals surface area contributed by atoms with Gasteiger partial charge in [0.15, 0.2) is 0 Å². The first-order valence-electron chi connectivity index (χ1n) is 8.69. The third-order valence-electron chi connectivity index (χ3n) is 5.39. The van der Waals surface area contributed by atoms with Crippen molar-refractivity contribution in [2.75, 3.05) is 0 Å². The second kappa shape index (κ2) is 6.55. The Hall–Kier alpha value is -2.28. The molecule has 1 aromatic heterocycles. The zero-order chi connectivity index (χ0) is 17.4. The van der Waals surface area contributed by atoms with E-state index >= 15 is 0 Å². The van der Waals surface area contributed by atoms with Gasteiger partial charge in [-0.2, -0.15) is 4.98 Å². The van der Waals surface area contributed by atoms with Crippen LogP contribution in [0.3, 0.4) is 0 Å². The molecule has 3 atom stereocenters. The van der Waals surface area contributed by atoms with Crippen molar-refractivity contribution in [3.8, 4) is 11.4 Å². The number of aliphatic carboxylic acids is 1. The normalized spacial score (nSPS) is 26.5. The Morgan fingerprint density at radius 2 is 2.04 bits per heavy atom. The highest BCUT2D eigenvalue weighted by molar-refractivity contribution is 5.74. The molecule has 1 saturated carbocycles. The highest BCUT2D eigenvalue weighted by atomic mass is 19.1. The maximum Gasteiger partial charge on any atom is 0.320 e. The first kappa shape index (κ1) is 16.2. The molecule has 132 valence electrons. The number of carboxylic acids is 1. The monoisotopic (exact) mass is 345 g/mol. The summed E-state index contributed by atoms with van der Waals surface area (Å²) in [4.78, 5) is 18.0. The Labute approximate surface area is 144 Å². The van der Waals surface area contributed by atoms with Crippen molar-refractivity contribution in [1.29, 1.82) is 0 Å². The zero-order valence-electron chi connectivity index (χ0n) is 13.8. The van der Waals surface area contributed by atoms with Gasteiger partial charge in [-0.3, -0.25) is 9.69 Å². The lowest BCUT2D eigenvalue weighted by molar-refractivity contribution is -0.143. The Morgan fingerprint density at radius 3 is 2.80 bits per heavy atom. The van der Waals surface area contributed by atoms with Gasteiger partial charge in [-0.15, -0.1) is 0 Å². The highest BCUT2D eigenvalue weighted by Crippen LogP contribution is 2.40. The Kier molecular flexibility index (Phi) is 4.25. The van der Waals surface area contributed by atoms with Crippen LogP contribution in [-0.4, -0.2) is 38.2 Å². The number of rotatable bonds is 4. The molecule has 0 unspecified atom stereocenters. The minimum Gasteiger partial charge on any atom is -0.480 e. The molecule has 1 aliphatic carbocycles. The van der Waals surface area contributed by atoms with E-state index in [2.05, 4.69) is 10.1 Å². The molecule has 2 aliphatic rings. The fourth-order valence-electron chi connectivity index (χ4n) is 4.21. The number of aromatic nitrogens is 2. The SMILES string of the molecule is O=C(O)[C@@H]1C[C@H]2CCCC[C@@H]2N1Cc1nc(-c2ccc(F)cc2)no1. The minimum atomic E-state index is -0.785. The van der Waals surface area contributed by atoms with Crippen LogP contribution in [0.15, 0.2) is 28.8 Å². The van der Waals surface area contributed by atoms with Crippen molar-refractivity contribution in [2.24, 2.45) is 5.92 Å². The van der Waals surface area contributed by atoms with E-state index in [-0.39, 0.29) is 11.9 Å². The first-order valence-corrected chi connectivity index (χ1v) is 8.69. The van der Waals surface area contributed by atoms with Gasteiger partial charge in [0.05, 0.1) is 6.54 Å². The summed E-state index contributed by atoms with van der Waals surface area (Å²) in [5.74, 6) is 0.122. The molecule has 1 aromatic carbocycles. The third-order valence-corrected chi connectivity index (χ3v) is 5.39. The quantitative estimate of drug-likeness (QED) is 0.917. The van der Waals surface area contributed by atoms with Crippen LogP contribution < -0.4 is 0 Å². The van der Waals surface area contributed by atoms with Crippen molar-refractivity contribution < 1.29 is 18.8 Å². The maximum absolute atomic E-state index is 13.0. The van der Waals surface area contributed by atoms with Gasteiger partial charge in [0, 0.05) is 11.6 Å². The van der Waals surface area contributed by atoms with Crippen LogP contribution in [0.2, 0.25) is 0 Å². The number of fused-ring (bicyclic) bond motifs is 1. The lowest BCUT2D eigenvalue weighted by atomic mass is 9.85. The van der Waals surface area contributed by atoms with Crippen molar-refractivity contribution in [2.45, 2.75) is 50.7 Å². The van der Waals surface area contributed by atoms with E-state index < -0.39 is 12.0 Å². The van der Waals surface area contributed by atoms with Crippen molar-refractivity contribution in [3.63, 3.8) is 0 Å². The lowest BCUT2D eigenvalue weighted by Gasteiger charge is -2.31. The molecule has 25 heavy (non-hydrogen) atoms. The predicted molar refractivity (Wildman–Crippen MR) is 87.0 cm³/mol. The number of likely N-dealkylation sites (tertiary alicyclic amines) is 1. The summed E-state index contributed by atoms with van der Waals surface area (Å²) in [5.41, 5.74) is 0.670. The summed E-state index contributed by atoms with van der Waals surface area (Å²) < 4.78 is 18.4. The predicted octanol–water partition coefficient (Wildman–Crippen LogP) is 3.09. The lowest BCUT2D eigenvalue weighted by Crippen LogP contribution is -2.41. The van der Waals surface area contributed by atoms with Crippen LogP contribution in [0.1, 0.15) is 38.0 Å². The number of nitrogens with zero attached hydrogens (tertiary/aromatic N) is 3. The largest absolute Gasteiger partial charge is 0.480 e. The van der Waals surface area contributed by atoms with Crippen molar-refractivity contribution in [3.05, 3.63) is 36.0 Å². The van der Waals surface area contributed by atoms with E-state index in [1.54, 1.807) is 12.1 Å². The van der Waals surface area contributed by atoms with Crippen LogP contribution in [0.5, 0.6) is 0 Å². The van der Waals surface area contributed by atoms with Gasteiger partial charge in [-0.05, 0) is 49.4 Å². The van der Waals surface area contributed by atoms with Crippen molar-refractivity contribution >= 4 is 5.97 Å². The maximum atomic E-state index is 13.0. The molecule has 2 fully saturated rings. The number of benzene rings is 1. The Balaban J connectivity index is 1.54. The summed E-state index contributed by atoms with van der Waals surface area (Å²) in [6, 6.07) is 5.66. The summed E-state index contributed by atoms with van der Waals surface area (Å²) >= 11 is 0. The van der Waals surface area contributed by atoms with Crippen LogP contribution >= 0.6 is 0 Å². The molecule has 4 rings (SSSR count). The summed E-state index contributed by atoms with van der Waals surface area (Å²) in [6.45, 7) is 0.340. The number of carbonyl (C=O) groups is 1. The van der Waals surface area contributed by atoms with E-state index in [9.17, 15) is 14.3 Å². The molecule has 1 N–H and O–H groups in total.